The Balaban J connectivity index is 2.47. The van der Waals surface area contributed by atoms with Crippen LogP contribution in [0.25, 0.3) is 0 Å². The molecule has 0 saturated heterocycles. The summed E-state index contributed by atoms with van der Waals surface area (Å²) < 4.78 is 10.7. The lowest BCUT2D eigenvalue weighted by Gasteiger charge is -2.09. The van der Waals surface area contributed by atoms with Gasteiger partial charge in [-0.2, -0.15) is 0 Å². The molecule has 0 bridgehead atoms. The molecule has 0 saturated carbocycles. The van der Waals surface area contributed by atoms with Crippen LogP contribution in [0.4, 0.5) is 0 Å². The van der Waals surface area contributed by atoms with Crippen molar-refractivity contribution in [1.82, 2.24) is 0 Å². The van der Waals surface area contributed by atoms with E-state index in [1.165, 1.54) is 12.1 Å². The van der Waals surface area contributed by atoms with Crippen molar-refractivity contribution in [3.8, 4) is 17.2 Å². The van der Waals surface area contributed by atoms with Gasteiger partial charge in [0.15, 0.2) is 11.5 Å². The third-order valence-corrected chi connectivity index (χ3v) is 2.13. The average molecular weight is 209 g/mol. The maximum absolute atomic E-state index is 11.0. The van der Waals surface area contributed by atoms with E-state index in [9.17, 15) is 9.90 Å². The molecule has 5 nitrogen and oxygen atoms in total. The van der Waals surface area contributed by atoms with Gasteiger partial charge in [-0.3, -0.25) is 4.79 Å². The zero-order valence-corrected chi connectivity index (χ0v) is 8.03. The van der Waals surface area contributed by atoms with Crippen molar-refractivity contribution in [3.05, 3.63) is 17.7 Å². The van der Waals surface area contributed by atoms with Crippen molar-refractivity contribution in [2.75, 3.05) is 13.2 Å². The number of nitrogens with two attached hydrogens (primary N) is 1. The van der Waals surface area contributed by atoms with Crippen molar-refractivity contribution in [3.63, 3.8) is 0 Å². The van der Waals surface area contributed by atoms with Crippen molar-refractivity contribution in [1.29, 1.82) is 0 Å². The zero-order valence-electron chi connectivity index (χ0n) is 8.03. The lowest BCUT2D eigenvalue weighted by Crippen LogP contribution is -2.11. The lowest BCUT2D eigenvalue weighted by molar-refractivity contribution is 0.0997. The number of primary amides is 1. The van der Waals surface area contributed by atoms with Crippen molar-refractivity contribution < 1.29 is 19.4 Å². The topological polar surface area (TPSA) is 81.8 Å². The molecule has 0 atom stereocenters. The number of hydrogen-bond acceptors (Lipinski definition) is 4. The van der Waals surface area contributed by atoms with E-state index in [4.69, 9.17) is 15.2 Å². The second-order valence-corrected chi connectivity index (χ2v) is 3.23. The van der Waals surface area contributed by atoms with Gasteiger partial charge in [-0.1, -0.05) is 0 Å². The third-order valence-electron chi connectivity index (χ3n) is 2.13. The van der Waals surface area contributed by atoms with Gasteiger partial charge in [0.1, 0.15) is 5.75 Å². The van der Waals surface area contributed by atoms with E-state index >= 15 is 0 Å². The second kappa shape index (κ2) is 3.68. The number of rotatable bonds is 1. The molecule has 0 spiro atoms. The molecule has 0 aromatic heterocycles. The Kier molecular flexibility index (Phi) is 2.37. The van der Waals surface area contributed by atoms with Gasteiger partial charge in [-0.05, 0) is 0 Å². The molecule has 15 heavy (non-hydrogen) atoms. The first-order chi connectivity index (χ1) is 7.18. The molecule has 1 aliphatic rings. The Labute approximate surface area is 86.4 Å². The van der Waals surface area contributed by atoms with Crippen LogP contribution in [0.3, 0.4) is 0 Å². The number of ether oxygens (including phenoxy) is 2. The van der Waals surface area contributed by atoms with Crippen molar-refractivity contribution in [2.45, 2.75) is 6.42 Å². The molecule has 1 aromatic carbocycles. The Hall–Kier alpha value is -1.91. The Morgan fingerprint density at radius 2 is 1.87 bits per heavy atom. The highest BCUT2D eigenvalue weighted by atomic mass is 16.5. The van der Waals surface area contributed by atoms with Gasteiger partial charge >= 0.3 is 0 Å². The van der Waals surface area contributed by atoms with E-state index < -0.39 is 5.91 Å². The summed E-state index contributed by atoms with van der Waals surface area (Å²) in [4.78, 5) is 11.0. The van der Waals surface area contributed by atoms with Crippen LogP contribution >= 0.6 is 0 Å². The molecular formula is C10H11NO4. The van der Waals surface area contributed by atoms with Crippen LogP contribution in [0, 0.1) is 0 Å². The normalized spacial score (nSPS) is 14.4. The number of hydrogen-bond donors (Lipinski definition) is 2. The highest BCUT2D eigenvalue weighted by Crippen LogP contribution is 2.35. The summed E-state index contributed by atoms with van der Waals surface area (Å²) in [5.41, 5.74) is 5.13. The van der Waals surface area contributed by atoms with Gasteiger partial charge in [-0.25, -0.2) is 0 Å². The number of amides is 1. The maximum Gasteiger partial charge on any atom is 0.252 e. The Bertz CT molecular complexity index is 403. The standard InChI is InChI=1S/C10H11NO4/c11-10(13)6-4-8-9(5-7(6)12)15-3-1-2-14-8/h4-5,12H,1-3H2,(H2,11,13). The summed E-state index contributed by atoms with van der Waals surface area (Å²) in [6.07, 6.45) is 0.765. The number of carbonyl (C=O) groups excluding carboxylic acids is 1. The number of phenols is 1. The molecule has 1 amide bonds. The molecule has 5 heteroatoms. The Morgan fingerprint density at radius 3 is 2.47 bits per heavy atom. The highest BCUT2D eigenvalue weighted by Gasteiger charge is 2.16. The van der Waals surface area contributed by atoms with Gasteiger partial charge in [0, 0.05) is 18.6 Å². The molecule has 0 fully saturated rings. The molecule has 1 aromatic rings. The minimum absolute atomic E-state index is 0.0410. The Morgan fingerprint density at radius 1 is 1.27 bits per heavy atom. The quantitative estimate of drug-likeness (QED) is 0.711. The van der Waals surface area contributed by atoms with Gasteiger partial charge in [0.05, 0.1) is 18.8 Å². The smallest absolute Gasteiger partial charge is 0.252 e. The fraction of sp³-hybridized carbons (Fsp3) is 0.300. The first kappa shape index (κ1) is 9.64. The minimum atomic E-state index is -0.692. The molecule has 0 radical (unpaired) electrons. The van der Waals surface area contributed by atoms with Crippen molar-refractivity contribution in [2.24, 2.45) is 5.73 Å². The van der Waals surface area contributed by atoms with Gasteiger partial charge in [-0.15, -0.1) is 0 Å². The maximum atomic E-state index is 11.0. The minimum Gasteiger partial charge on any atom is -0.507 e. The first-order valence-corrected chi connectivity index (χ1v) is 4.61. The molecule has 0 aliphatic carbocycles. The van der Waals surface area contributed by atoms with E-state index in [0.717, 1.165) is 6.42 Å². The molecule has 1 aliphatic heterocycles. The summed E-state index contributed by atoms with van der Waals surface area (Å²) in [7, 11) is 0. The number of carbonyl (C=O) groups is 1. The van der Waals surface area contributed by atoms with Crippen LogP contribution in [0.5, 0.6) is 17.2 Å². The molecular weight excluding hydrogens is 198 g/mol. The largest absolute Gasteiger partial charge is 0.507 e. The fourth-order valence-corrected chi connectivity index (χ4v) is 1.40. The molecule has 1 heterocycles. The van der Waals surface area contributed by atoms with E-state index in [1.54, 1.807) is 0 Å². The summed E-state index contributed by atoms with van der Waals surface area (Å²) in [5.74, 6) is 0.00370. The molecule has 80 valence electrons. The lowest BCUT2D eigenvalue weighted by atomic mass is 10.1. The van der Waals surface area contributed by atoms with E-state index in [2.05, 4.69) is 0 Å². The van der Waals surface area contributed by atoms with E-state index in [-0.39, 0.29) is 11.3 Å². The van der Waals surface area contributed by atoms with Crippen LogP contribution in [0.15, 0.2) is 12.1 Å². The summed E-state index contributed by atoms with van der Waals surface area (Å²) in [5, 5.41) is 9.49. The van der Waals surface area contributed by atoms with E-state index in [1.807, 2.05) is 0 Å². The first-order valence-electron chi connectivity index (χ1n) is 4.61. The fourth-order valence-electron chi connectivity index (χ4n) is 1.40. The number of aromatic hydroxyl groups is 1. The molecule has 0 unspecified atom stereocenters. The monoisotopic (exact) mass is 209 g/mol. The van der Waals surface area contributed by atoms with Gasteiger partial charge in [0.2, 0.25) is 0 Å². The number of fused-ring (bicyclic) bond motifs is 1. The predicted octanol–water partition coefficient (Wildman–Crippen LogP) is 0.652. The summed E-state index contributed by atoms with van der Waals surface area (Å²) in [6.45, 7) is 1.05. The van der Waals surface area contributed by atoms with Gasteiger partial charge in [0.25, 0.3) is 5.91 Å². The molecule has 3 N–H and O–H groups in total. The van der Waals surface area contributed by atoms with E-state index in [0.29, 0.717) is 24.7 Å². The van der Waals surface area contributed by atoms with Crippen LogP contribution in [0.2, 0.25) is 0 Å². The average Bonchev–Trinajstić information content (AvgIpc) is 2.40. The second-order valence-electron chi connectivity index (χ2n) is 3.23. The number of benzene rings is 1. The predicted molar refractivity (Wildman–Crippen MR) is 52.2 cm³/mol. The summed E-state index contributed by atoms with van der Waals surface area (Å²) >= 11 is 0. The zero-order chi connectivity index (χ0) is 10.8. The molecule has 2 rings (SSSR count). The summed E-state index contributed by atoms with van der Waals surface area (Å²) in [6, 6.07) is 2.75. The van der Waals surface area contributed by atoms with Crippen molar-refractivity contribution >= 4 is 5.91 Å². The third kappa shape index (κ3) is 1.81. The van der Waals surface area contributed by atoms with Crippen LogP contribution < -0.4 is 15.2 Å². The van der Waals surface area contributed by atoms with Crippen LogP contribution in [0.1, 0.15) is 16.8 Å². The van der Waals surface area contributed by atoms with Gasteiger partial charge < -0.3 is 20.3 Å². The SMILES string of the molecule is NC(=O)c1cc2c(cc1O)OCCCO2. The highest BCUT2D eigenvalue weighted by molar-refractivity contribution is 5.96. The van der Waals surface area contributed by atoms with Crippen LogP contribution in [-0.2, 0) is 0 Å². The van der Waals surface area contributed by atoms with Crippen LogP contribution in [-0.4, -0.2) is 24.2 Å².